The van der Waals surface area contributed by atoms with Crippen LogP contribution in [0.3, 0.4) is 0 Å². The van der Waals surface area contributed by atoms with Gasteiger partial charge in [0, 0.05) is 0 Å². The second-order valence-electron chi connectivity index (χ2n) is 9.46. The van der Waals surface area contributed by atoms with Crippen LogP contribution in [0.1, 0.15) is 72.9 Å². The third-order valence-electron chi connectivity index (χ3n) is 4.60. The first-order valence-corrected chi connectivity index (χ1v) is 11.5. The first kappa shape index (κ1) is 26.7. The molecule has 0 spiro atoms. The van der Waals surface area contributed by atoms with Crippen LogP contribution in [-0.4, -0.2) is 3.81 Å². The fraction of sp³-hybridized carbons (Fsp3) is 0.522. The number of hydrogen-bond acceptors (Lipinski definition) is 1. The van der Waals surface area contributed by atoms with Gasteiger partial charge in [0.25, 0.3) is 0 Å². The molecule has 0 aliphatic heterocycles. The Morgan fingerprint density at radius 3 is 2.00 bits per heavy atom. The molecule has 0 atom stereocenters. The van der Waals surface area contributed by atoms with Crippen molar-refractivity contribution < 1.29 is 21.1 Å². The van der Waals surface area contributed by atoms with Gasteiger partial charge >= 0.3 is 161 Å². The fourth-order valence-corrected chi connectivity index (χ4v) is 6.82. The molecule has 0 saturated heterocycles. The summed E-state index contributed by atoms with van der Waals surface area (Å²) < 4.78 is 9.78. The molecule has 1 aromatic carbocycles. The smallest absolute Gasteiger partial charge is 0.147 e. The Kier molecular flexibility index (Phi) is 9.80. The van der Waals surface area contributed by atoms with Gasteiger partial charge in [-0.05, 0) is 0 Å². The monoisotopic (exact) mass is 446 g/mol. The summed E-state index contributed by atoms with van der Waals surface area (Å²) in [6, 6.07) is 6.74. The zero-order chi connectivity index (χ0) is 19.0. The standard InChI is InChI=1S/C11H16O.C9H13.C3H6.2ClH.Ti/c1-8-5-9(11(2,3)4)7-10(12)6-8;1-9(2,3)8-6-4-5-7-8;1-3-2;;;/h5-7,12H,1-4H3;4,6H,5H2,1-3H3;1-2H3;2*1H;/q;;;;;+1/p-1. The summed E-state index contributed by atoms with van der Waals surface area (Å²) in [6.07, 6.45) is 5.70. The summed E-state index contributed by atoms with van der Waals surface area (Å²) in [4.78, 5) is 0. The predicted octanol–water partition coefficient (Wildman–Crippen LogP) is 7.52. The molecule has 4 heteroatoms. The predicted molar refractivity (Wildman–Crippen MR) is 122 cm³/mol. The molecule has 0 amide bonds. The number of halogens is 2. The largest absolute Gasteiger partial charge is 0.147 e. The fourth-order valence-electron chi connectivity index (χ4n) is 3.25. The maximum atomic E-state index is 6.73. The van der Waals surface area contributed by atoms with Crippen LogP contribution in [0.2, 0.25) is 0 Å². The van der Waals surface area contributed by atoms with Crippen LogP contribution >= 0.6 is 24.8 Å². The van der Waals surface area contributed by atoms with E-state index in [4.69, 9.17) is 3.32 Å². The molecule has 0 aromatic heterocycles. The molecular formula is C23H36Cl2OTi. The molecular weight excluding hydrogens is 411 g/mol. The van der Waals surface area contributed by atoms with Crippen molar-refractivity contribution in [2.75, 3.05) is 0 Å². The molecule has 1 aliphatic carbocycles. The van der Waals surface area contributed by atoms with Gasteiger partial charge in [-0.15, -0.1) is 24.8 Å². The number of allylic oxidation sites excluding steroid dienone is 4. The SMILES string of the molecule is C[C](C)=[Ti]([O]c1cc(C)cc(C(C)(C)C)c1)[C]1=C(C(C)(C)C)C=CC1.Cl.Cl. The summed E-state index contributed by atoms with van der Waals surface area (Å²) in [6.45, 7) is 20.4. The van der Waals surface area contributed by atoms with Crippen LogP contribution in [0.5, 0.6) is 5.75 Å². The Balaban J connectivity index is 0.00000338. The maximum absolute atomic E-state index is 6.73. The van der Waals surface area contributed by atoms with Gasteiger partial charge in [0.15, 0.2) is 0 Å². The van der Waals surface area contributed by atoms with Crippen molar-refractivity contribution in [1.82, 2.24) is 0 Å². The van der Waals surface area contributed by atoms with E-state index in [9.17, 15) is 0 Å². The summed E-state index contributed by atoms with van der Waals surface area (Å²) >= 11 is -1.93. The van der Waals surface area contributed by atoms with E-state index in [2.05, 4.69) is 92.7 Å². The zero-order valence-electron chi connectivity index (χ0n) is 18.3. The summed E-state index contributed by atoms with van der Waals surface area (Å²) in [7, 11) is 0. The summed E-state index contributed by atoms with van der Waals surface area (Å²) in [5.74, 6) is 1.05. The molecule has 0 unspecified atom stereocenters. The van der Waals surface area contributed by atoms with Gasteiger partial charge in [-0.2, -0.15) is 0 Å². The van der Waals surface area contributed by atoms with E-state index in [1.54, 1.807) is 3.88 Å². The van der Waals surface area contributed by atoms with Gasteiger partial charge in [-0.1, -0.05) is 0 Å². The van der Waals surface area contributed by atoms with Gasteiger partial charge in [-0.25, -0.2) is 0 Å². The quantitative estimate of drug-likeness (QED) is 0.436. The van der Waals surface area contributed by atoms with Crippen molar-refractivity contribution in [3.8, 4) is 5.75 Å². The first-order chi connectivity index (χ1) is 11.4. The average Bonchev–Trinajstić information content (AvgIpc) is 2.92. The summed E-state index contributed by atoms with van der Waals surface area (Å²) in [5, 5.41) is 0. The van der Waals surface area contributed by atoms with Crippen LogP contribution in [0.4, 0.5) is 0 Å². The Morgan fingerprint density at radius 2 is 1.52 bits per heavy atom. The van der Waals surface area contributed by atoms with Crippen molar-refractivity contribution >= 4 is 28.6 Å². The van der Waals surface area contributed by atoms with E-state index >= 15 is 0 Å². The molecule has 0 saturated carbocycles. The van der Waals surface area contributed by atoms with E-state index < -0.39 is 17.8 Å². The van der Waals surface area contributed by atoms with E-state index in [1.165, 1.54) is 20.5 Å². The molecule has 0 heterocycles. The van der Waals surface area contributed by atoms with Gasteiger partial charge in [0.05, 0.1) is 0 Å². The van der Waals surface area contributed by atoms with Gasteiger partial charge in [0.1, 0.15) is 0 Å². The number of rotatable bonds is 3. The van der Waals surface area contributed by atoms with Crippen molar-refractivity contribution in [2.24, 2.45) is 5.41 Å². The van der Waals surface area contributed by atoms with Crippen molar-refractivity contribution in [2.45, 2.75) is 74.1 Å². The van der Waals surface area contributed by atoms with Crippen LogP contribution in [0.25, 0.3) is 0 Å². The van der Waals surface area contributed by atoms with Crippen molar-refractivity contribution in [3.63, 3.8) is 0 Å². The third kappa shape index (κ3) is 6.89. The zero-order valence-corrected chi connectivity index (χ0v) is 21.5. The molecule has 1 aromatic rings. The number of aryl methyl sites for hydroxylation is 1. The summed E-state index contributed by atoms with van der Waals surface area (Å²) in [5.41, 5.74) is 4.45. The number of hydrogen-bond donors (Lipinski definition) is 0. The van der Waals surface area contributed by atoms with Crippen LogP contribution < -0.4 is 3.32 Å². The Morgan fingerprint density at radius 1 is 0.926 bits per heavy atom. The van der Waals surface area contributed by atoms with Crippen molar-refractivity contribution in [3.05, 3.63) is 50.9 Å². The molecule has 0 radical (unpaired) electrons. The second kappa shape index (κ2) is 9.92. The van der Waals surface area contributed by atoms with Crippen LogP contribution in [0, 0.1) is 12.3 Å². The van der Waals surface area contributed by atoms with Gasteiger partial charge < -0.3 is 0 Å². The molecule has 0 fully saturated rings. The Bertz CT molecular complexity index is 756. The molecule has 152 valence electrons. The third-order valence-corrected chi connectivity index (χ3v) is 8.31. The van der Waals surface area contributed by atoms with E-state index in [0.717, 1.165) is 12.2 Å². The maximum Gasteiger partial charge on any atom is -0.147 e. The first-order valence-electron chi connectivity index (χ1n) is 9.27. The topological polar surface area (TPSA) is 9.23 Å². The van der Waals surface area contributed by atoms with E-state index in [1.807, 2.05) is 0 Å². The molecule has 2 rings (SSSR count). The van der Waals surface area contributed by atoms with Crippen LogP contribution in [0.15, 0.2) is 39.8 Å². The van der Waals surface area contributed by atoms with Crippen LogP contribution in [-0.2, 0) is 23.2 Å². The molecule has 1 nitrogen and oxygen atoms in total. The minimum atomic E-state index is -1.93. The Hall–Kier alpha value is -0.336. The molecule has 1 aliphatic rings. The second-order valence-corrected chi connectivity index (χ2v) is 13.3. The van der Waals surface area contributed by atoms with Gasteiger partial charge in [-0.3, -0.25) is 0 Å². The van der Waals surface area contributed by atoms with Crippen molar-refractivity contribution in [1.29, 1.82) is 0 Å². The van der Waals surface area contributed by atoms with E-state index in [-0.39, 0.29) is 35.6 Å². The van der Waals surface area contributed by atoms with E-state index in [0.29, 0.717) is 0 Å². The molecule has 0 N–H and O–H groups in total. The van der Waals surface area contributed by atoms with Gasteiger partial charge in [0.2, 0.25) is 0 Å². The molecule has 27 heavy (non-hydrogen) atoms. The Labute approximate surface area is 185 Å². The molecule has 0 bridgehead atoms. The minimum Gasteiger partial charge on any atom is -0.147 e. The minimum absolute atomic E-state index is 0. The number of benzene rings is 1. The average molecular weight is 447 g/mol. The normalized spacial score (nSPS) is 13.8.